The Labute approximate surface area is 108 Å². The number of nitrogens with zero attached hydrogens (tertiary/aromatic N) is 2. The van der Waals surface area contributed by atoms with Crippen molar-refractivity contribution in [2.24, 2.45) is 5.41 Å². The molecule has 0 saturated heterocycles. The summed E-state index contributed by atoms with van der Waals surface area (Å²) in [5, 5.41) is 19.1. The molecule has 6 heteroatoms. The van der Waals surface area contributed by atoms with Crippen LogP contribution >= 0.6 is 23.1 Å². The average molecular weight is 268 g/mol. The lowest BCUT2D eigenvalue weighted by Crippen LogP contribution is -2.02. The molecule has 1 saturated carbocycles. The number of thioether (sulfide) groups is 1. The maximum atomic E-state index is 10.5. The predicted molar refractivity (Wildman–Crippen MR) is 66.1 cm³/mol. The molecule has 1 fully saturated rings. The second-order valence-electron chi connectivity index (χ2n) is 4.30. The summed E-state index contributed by atoms with van der Waals surface area (Å²) < 4.78 is 0.908. The zero-order valence-electron chi connectivity index (χ0n) is 9.18. The zero-order valence-corrected chi connectivity index (χ0v) is 10.8. The smallest absolute Gasteiger partial charge is 0.309 e. The van der Waals surface area contributed by atoms with Gasteiger partial charge in [-0.05, 0) is 18.3 Å². The van der Waals surface area contributed by atoms with Crippen LogP contribution in [-0.4, -0.2) is 21.8 Å². The lowest BCUT2D eigenvalue weighted by Gasteiger charge is -2.07. The molecule has 1 aliphatic rings. The van der Waals surface area contributed by atoms with Gasteiger partial charge in [-0.2, -0.15) is 5.26 Å². The topological polar surface area (TPSA) is 74.0 Å². The number of thiazole rings is 1. The molecule has 1 aromatic heterocycles. The van der Waals surface area contributed by atoms with Crippen LogP contribution in [0.3, 0.4) is 0 Å². The van der Waals surface area contributed by atoms with Gasteiger partial charge in [0.25, 0.3) is 0 Å². The summed E-state index contributed by atoms with van der Waals surface area (Å²) in [5.41, 5.74) is 0.827. The van der Waals surface area contributed by atoms with Crippen molar-refractivity contribution in [3.63, 3.8) is 0 Å². The number of nitriles is 1. The fourth-order valence-corrected chi connectivity index (χ4v) is 3.66. The van der Waals surface area contributed by atoms with Crippen LogP contribution in [0.25, 0.3) is 0 Å². The van der Waals surface area contributed by atoms with E-state index in [4.69, 9.17) is 10.4 Å². The van der Waals surface area contributed by atoms with Crippen molar-refractivity contribution in [1.29, 1.82) is 5.26 Å². The molecule has 0 bridgehead atoms. The molecule has 0 unspecified atom stereocenters. The molecule has 1 aliphatic carbocycles. The molecular formula is C11H12N2O2S2. The van der Waals surface area contributed by atoms with E-state index in [9.17, 15) is 4.79 Å². The molecule has 0 radical (unpaired) electrons. The van der Waals surface area contributed by atoms with Crippen molar-refractivity contribution >= 4 is 29.1 Å². The van der Waals surface area contributed by atoms with Crippen LogP contribution in [-0.2, 0) is 11.2 Å². The molecular weight excluding hydrogens is 256 g/mol. The standard InChI is InChI=1S/C11H12N2O2S2/c12-4-3-11(1-2-11)7-17-10-13-8(6-16-10)5-9(14)15/h6H,1-3,5,7H2,(H,14,15). The summed E-state index contributed by atoms with van der Waals surface area (Å²) in [4.78, 5) is 14.8. The minimum absolute atomic E-state index is 0.0135. The second-order valence-corrected chi connectivity index (χ2v) is 6.38. The van der Waals surface area contributed by atoms with Gasteiger partial charge in [0, 0.05) is 17.6 Å². The van der Waals surface area contributed by atoms with Gasteiger partial charge in [0.05, 0.1) is 18.2 Å². The highest BCUT2D eigenvalue weighted by molar-refractivity contribution is 8.01. The van der Waals surface area contributed by atoms with E-state index in [2.05, 4.69) is 11.1 Å². The number of aliphatic carboxylic acids is 1. The number of rotatable bonds is 6. The van der Waals surface area contributed by atoms with Gasteiger partial charge in [-0.1, -0.05) is 11.8 Å². The third-order valence-electron chi connectivity index (χ3n) is 2.78. The molecule has 0 atom stereocenters. The van der Waals surface area contributed by atoms with Gasteiger partial charge in [0.2, 0.25) is 0 Å². The van der Waals surface area contributed by atoms with Crippen LogP contribution in [0.4, 0.5) is 0 Å². The van der Waals surface area contributed by atoms with Crippen LogP contribution in [0.1, 0.15) is 25.0 Å². The summed E-state index contributed by atoms with van der Waals surface area (Å²) in [5.74, 6) is 0.0654. The Morgan fingerprint density at radius 3 is 3.06 bits per heavy atom. The van der Waals surface area contributed by atoms with E-state index in [1.54, 1.807) is 17.1 Å². The Kier molecular flexibility index (Phi) is 3.69. The van der Waals surface area contributed by atoms with Gasteiger partial charge in [-0.15, -0.1) is 11.3 Å². The first kappa shape index (κ1) is 12.4. The minimum atomic E-state index is -0.852. The summed E-state index contributed by atoms with van der Waals surface area (Å²) >= 11 is 3.12. The highest BCUT2D eigenvalue weighted by Crippen LogP contribution is 2.51. The molecule has 0 aromatic carbocycles. The molecule has 0 amide bonds. The molecule has 4 nitrogen and oxygen atoms in total. The highest BCUT2D eigenvalue weighted by atomic mass is 32.2. The number of carbonyl (C=O) groups is 1. The van der Waals surface area contributed by atoms with Gasteiger partial charge >= 0.3 is 5.97 Å². The van der Waals surface area contributed by atoms with Crippen LogP contribution in [0.15, 0.2) is 9.72 Å². The van der Waals surface area contributed by atoms with E-state index in [0.29, 0.717) is 12.1 Å². The number of carboxylic acids is 1. The van der Waals surface area contributed by atoms with Crippen molar-refractivity contribution in [2.45, 2.75) is 30.0 Å². The highest BCUT2D eigenvalue weighted by Gasteiger charge is 2.42. The van der Waals surface area contributed by atoms with E-state index >= 15 is 0 Å². The summed E-state index contributed by atoms with van der Waals surface area (Å²) in [7, 11) is 0. The van der Waals surface area contributed by atoms with Crippen molar-refractivity contribution in [1.82, 2.24) is 4.98 Å². The van der Waals surface area contributed by atoms with Gasteiger partial charge in [-0.3, -0.25) is 4.79 Å². The van der Waals surface area contributed by atoms with E-state index < -0.39 is 5.97 Å². The fourth-order valence-electron chi connectivity index (χ4n) is 1.52. The Hall–Kier alpha value is -1.06. The Morgan fingerprint density at radius 1 is 1.71 bits per heavy atom. The SMILES string of the molecule is N#CCC1(CSc2nc(CC(=O)O)cs2)CC1. The lowest BCUT2D eigenvalue weighted by molar-refractivity contribution is -0.136. The molecule has 0 spiro atoms. The minimum Gasteiger partial charge on any atom is -0.481 e. The van der Waals surface area contributed by atoms with Gasteiger partial charge in [-0.25, -0.2) is 4.98 Å². The second kappa shape index (κ2) is 5.07. The van der Waals surface area contributed by atoms with Gasteiger partial charge < -0.3 is 5.11 Å². The molecule has 1 aromatic rings. The number of hydrogen-bond donors (Lipinski definition) is 1. The average Bonchev–Trinajstić information content (AvgIpc) is 2.88. The predicted octanol–water partition coefficient (Wildman–Crippen LogP) is 2.56. The third-order valence-corrected chi connectivity index (χ3v) is 5.20. The van der Waals surface area contributed by atoms with E-state index in [1.807, 2.05) is 0 Å². The van der Waals surface area contributed by atoms with Gasteiger partial charge in [0.15, 0.2) is 0 Å². The van der Waals surface area contributed by atoms with Crippen molar-refractivity contribution in [3.8, 4) is 6.07 Å². The number of hydrogen-bond acceptors (Lipinski definition) is 5. The van der Waals surface area contributed by atoms with Crippen LogP contribution in [0.5, 0.6) is 0 Å². The number of carboxylic acid groups (broad SMARTS) is 1. The molecule has 90 valence electrons. The van der Waals surface area contributed by atoms with Crippen molar-refractivity contribution < 1.29 is 9.90 Å². The molecule has 1 N–H and O–H groups in total. The van der Waals surface area contributed by atoms with E-state index in [-0.39, 0.29) is 11.8 Å². The largest absolute Gasteiger partial charge is 0.481 e. The summed E-state index contributed by atoms with van der Waals surface area (Å²) in [6, 6.07) is 2.23. The summed E-state index contributed by atoms with van der Waals surface area (Å²) in [6.07, 6.45) is 2.86. The molecule has 17 heavy (non-hydrogen) atoms. The molecule has 1 heterocycles. The monoisotopic (exact) mass is 268 g/mol. The maximum Gasteiger partial charge on any atom is 0.309 e. The third kappa shape index (κ3) is 3.45. The van der Waals surface area contributed by atoms with Crippen LogP contribution < -0.4 is 0 Å². The van der Waals surface area contributed by atoms with Crippen molar-refractivity contribution in [3.05, 3.63) is 11.1 Å². The molecule has 2 rings (SSSR count). The Bertz CT molecular complexity index is 460. The maximum absolute atomic E-state index is 10.5. The lowest BCUT2D eigenvalue weighted by atomic mass is 10.1. The summed E-state index contributed by atoms with van der Waals surface area (Å²) in [6.45, 7) is 0. The number of aromatic nitrogens is 1. The van der Waals surface area contributed by atoms with E-state index in [1.165, 1.54) is 11.3 Å². The Morgan fingerprint density at radius 2 is 2.47 bits per heavy atom. The zero-order chi connectivity index (χ0) is 12.3. The quantitative estimate of drug-likeness (QED) is 0.803. The van der Waals surface area contributed by atoms with Crippen molar-refractivity contribution in [2.75, 3.05) is 5.75 Å². The fraction of sp³-hybridized carbons (Fsp3) is 0.545. The van der Waals surface area contributed by atoms with Crippen LogP contribution in [0, 0.1) is 16.7 Å². The first-order chi connectivity index (χ1) is 8.13. The normalized spacial score (nSPS) is 16.4. The van der Waals surface area contributed by atoms with Gasteiger partial charge in [0.1, 0.15) is 4.34 Å². The molecule has 0 aliphatic heterocycles. The van der Waals surface area contributed by atoms with E-state index in [0.717, 1.165) is 22.9 Å². The Balaban J connectivity index is 1.85. The first-order valence-electron chi connectivity index (χ1n) is 5.29. The first-order valence-corrected chi connectivity index (χ1v) is 7.16. The van der Waals surface area contributed by atoms with Crippen LogP contribution in [0.2, 0.25) is 0 Å².